The van der Waals surface area contributed by atoms with Crippen molar-refractivity contribution in [3.05, 3.63) is 0 Å². The summed E-state index contributed by atoms with van der Waals surface area (Å²) in [5, 5.41) is 9.25. The van der Waals surface area contributed by atoms with E-state index in [1.54, 1.807) is 0 Å². The number of nitrogens with zero attached hydrogens (tertiary/aromatic N) is 1. The largest absolute Gasteiger partial charge is 0.368 e. The molecule has 1 heterocycles. The fraction of sp³-hybridized carbons (Fsp3) is 0.800. The molecule has 0 aromatic heterocycles. The predicted octanol–water partition coefficient (Wildman–Crippen LogP) is 0.683. The highest BCUT2D eigenvalue weighted by molar-refractivity contribution is 4.75. The van der Waals surface area contributed by atoms with Crippen LogP contribution in [0.3, 0.4) is 0 Å². The average Bonchev–Trinajstić information content (AvgIpc) is 2.06. The molecule has 1 fully saturated rings. The Morgan fingerprint density at radius 2 is 1.85 bits per heavy atom. The number of ether oxygens (including phenoxy) is 1. The van der Waals surface area contributed by atoms with E-state index in [1.807, 2.05) is 21.0 Å². The highest BCUT2D eigenvalue weighted by Crippen LogP contribution is 2.20. The minimum atomic E-state index is -0.564. The van der Waals surface area contributed by atoms with Crippen molar-refractivity contribution in [2.24, 2.45) is 0 Å². The zero-order chi connectivity index (χ0) is 10.4. The molecule has 0 bridgehead atoms. The lowest BCUT2D eigenvalue weighted by atomic mass is 10.0. The van der Waals surface area contributed by atoms with Gasteiger partial charge in [0, 0.05) is 12.5 Å². The topological polar surface area (TPSA) is 32.7 Å². The van der Waals surface area contributed by atoms with Gasteiger partial charge in [-0.25, -0.2) is 0 Å². The molecule has 1 rings (SSSR count). The molecule has 1 aliphatic heterocycles. The molecule has 1 aliphatic rings. The van der Waals surface area contributed by atoms with Crippen molar-refractivity contribution in [2.75, 3.05) is 14.1 Å². The first-order valence-electron chi connectivity index (χ1n) is 4.43. The molecule has 0 saturated carbocycles. The van der Waals surface area contributed by atoms with Crippen molar-refractivity contribution in [2.45, 2.75) is 38.2 Å². The Balaban J connectivity index is 0.000000671. The molecule has 0 amide bonds. The summed E-state index contributed by atoms with van der Waals surface area (Å²) in [5.74, 6) is 0. The van der Waals surface area contributed by atoms with Crippen molar-refractivity contribution in [3.8, 4) is 12.8 Å². The third-order valence-electron chi connectivity index (χ3n) is 2.20. The van der Waals surface area contributed by atoms with Crippen LogP contribution in [0.5, 0.6) is 0 Å². The summed E-state index contributed by atoms with van der Waals surface area (Å²) in [4.78, 5) is 2.14. The molecule has 3 heteroatoms. The predicted molar refractivity (Wildman–Crippen MR) is 53.2 cm³/mol. The van der Waals surface area contributed by atoms with Crippen molar-refractivity contribution < 1.29 is 9.84 Å². The van der Waals surface area contributed by atoms with E-state index in [1.165, 1.54) is 0 Å². The highest BCUT2D eigenvalue weighted by Gasteiger charge is 2.26. The van der Waals surface area contributed by atoms with E-state index in [0.29, 0.717) is 6.04 Å². The van der Waals surface area contributed by atoms with Gasteiger partial charge in [-0.15, -0.1) is 12.8 Å². The number of hydrogen-bond acceptors (Lipinski definition) is 3. The molecular formula is C10H19NO2. The summed E-state index contributed by atoms with van der Waals surface area (Å²) in [5.41, 5.74) is 0. The third kappa shape index (κ3) is 4.28. The molecular weight excluding hydrogens is 166 g/mol. The summed E-state index contributed by atoms with van der Waals surface area (Å²) < 4.78 is 5.20. The quantitative estimate of drug-likeness (QED) is 0.610. The van der Waals surface area contributed by atoms with Crippen molar-refractivity contribution in [1.82, 2.24) is 4.90 Å². The van der Waals surface area contributed by atoms with E-state index in [2.05, 4.69) is 17.7 Å². The van der Waals surface area contributed by atoms with Gasteiger partial charge < -0.3 is 14.7 Å². The lowest BCUT2D eigenvalue weighted by Gasteiger charge is -2.34. The minimum absolute atomic E-state index is 0.186. The Morgan fingerprint density at radius 3 is 2.23 bits per heavy atom. The molecule has 0 aromatic carbocycles. The lowest BCUT2D eigenvalue weighted by molar-refractivity contribution is -0.172. The Morgan fingerprint density at radius 1 is 1.31 bits per heavy atom. The monoisotopic (exact) mass is 185 g/mol. The Bertz CT molecular complexity index is 146. The third-order valence-corrected chi connectivity index (χ3v) is 2.20. The van der Waals surface area contributed by atoms with Gasteiger partial charge in [-0.2, -0.15) is 0 Å². The maximum absolute atomic E-state index is 9.25. The van der Waals surface area contributed by atoms with E-state index in [-0.39, 0.29) is 6.10 Å². The van der Waals surface area contributed by atoms with Crippen molar-refractivity contribution in [1.29, 1.82) is 0 Å². The van der Waals surface area contributed by atoms with Crippen LogP contribution in [0.15, 0.2) is 0 Å². The average molecular weight is 185 g/mol. The molecule has 13 heavy (non-hydrogen) atoms. The van der Waals surface area contributed by atoms with E-state index < -0.39 is 6.29 Å². The Labute approximate surface area is 80.7 Å². The van der Waals surface area contributed by atoms with E-state index in [4.69, 9.17) is 4.74 Å². The molecule has 3 atom stereocenters. The molecule has 1 N–H and O–H groups in total. The first-order chi connectivity index (χ1) is 6.09. The Kier molecular flexibility index (Phi) is 5.72. The standard InChI is InChI=1S/C8H17NO2.C2H2/c1-6-4-7(9(2)3)5-8(10)11-6;1-2/h6-8,10H,4-5H2,1-3H3;1-2H. The lowest BCUT2D eigenvalue weighted by Crippen LogP contribution is -2.41. The summed E-state index contributed by atoms with van der Waals surface area (Å²) in [6.45, 7) is 2.00. The smallest absolute Gasteiger partial charge is 0.156 e. The van der Waals surface area contributed by atoms with Crippen LogP contribution >= 0.6 is 0 Å². The van der Waals surface area contributed by atoms with Crippen molar-refractivity contribution >= 4 is 0 Å². The summed E-state index contributed by atoms with van der Waals surface area (Å²) in [6, 6.07) is 0.466. The first kappa shape index (κ1) is 12.4. The number of hydrogen-bond donors (Lipinski definition) is 1. The summed E-state index contributed by atoms with van der Waals surface area (Å²) in [7, 11) is 4.07. The van der Waals surface area contributed by atoms with Gasteiger partial charge in [-0.1, -0.05) is 0 Å². The Hall–Kier alpha value is -0.560. The van der Waals surface area contributed by atoms with Gasteiger partial charge in [0.05, 0.1) is 6.10 Å². The fourth-order valence-electron chi connectivity index (χ4n) is 1.51. The van der Waals surface area contributed by atoms with Crippen LogP contribution in [0.4, 0.5) is 0 Å². The fourth-order valence-corrected chi connectivity index (χ4v) is 1.51. The number of rotatable bonds is 1. The van der Waals surface area contributed by atoms with Crippen LogP contribution in [0.2, 0.25) is 0 Å². The van der Waals surface area contributed by atoms with Crippen LogP contribution in [0.25, 0.3) is 0 Å². The van der Waals surface area contributed by atoms with Crippen molar-refractivity contribution in [3.63, 3.8) is 0 Å². The van der Waals surface area contributed by atoms with Crippen LogP contribution in [0.1, 0.15) is 19.8 Å². The van der Waals surface area contributed by atoms with Gasteiger partial charge in [0.15, 0.2) is 6.29 Å². The molecule has 3 unspecified atom stereocenters. The second kappa shape index (κ2) is 5.98. The van der Waals surface area contributed by atoms with Gasteiger partial charge in [0.1, 0.15) is 0 Å². The molecule has 0 aromatic rings. The molecule has 0 aliphatic carbocycles. The van der Waals surface area contributed by atoms with Gasteiger partial charge >= 0.3 is 0 Å². The molecule has 1 saturated heterocycles. The van der Waals surface area contributed by atoms with E-state index in [0.717, 1.165) is 12.8 Å². The maximum Gasteiger partial charge on any atom is 0.156 e. The molecule has 3 nitrogen and oxygen atoms in total. The van der Waals surface area contributed by atoms with Crippen LogP contribution in [-0.2, 0) is 4.74 Å². The first-order valence-corrected chi connectivity index (χ1v) is 4.43. The zero-order valence-corrected chi connectivity index (χ0v) is 8.60. The second-order valence-electron chi connectivity index (χ2n) is 3.49. The molecule has 76 valence electrons. The van der Waals surface area contributed by atoms with E-state index >= 15 is 0 Å². The van der Waals surface area contributed by atoms with Crippen LogP contribution < -0.4 is 0 Å². The zero-order valence-electron chi connectivity index (χ0n) is 8.60. The maximum atomic E-state index is 9.25. The van der Waals surface area contributed by atoms with E-state index in [9.17, 15) is 5.11 Å². The highest BCUT2D eigenvalue weighted by atomic mass is 16.6. The molecule has 0 spiro atoms. The van der Waals surface area contributed by atoms with Crippen LogP contribution in [0, 0.1) is 12.8 Å². The second-order valence-corrected chi connectivity index (χ2v) is 3.49. The normalized spacial score (nSPS) is 33.6. The summed E-state index contributed by atoms with van der Waals surface area (Å²) >= 11 is 0. The van der Waals surface area contributed by atoms with Gasteiger partial charge in [0.25, 0.3) is 0 Å². The van der Waals surface area contributed by atoms with Gasteiger partial charge in [0.2, 0.25) is 0 Å². The van der Waals surface area contributed by atoms with Crippen LogP contribution in [-0.4, -0.2) is 42.5 Å². The van der Waals surface area contributed by atoms with Gasteiger partial charge in [-0.05, 0) is 27.4 Å². The van der Waals surface area contributed by atoms with Gasteiger partial charge in [-0.3, -0.25) is 0 Å². The number of terminal acetylenes is 1. The molecule has 0 radical (unpaired) electrons. The number of aliphatic hydroxyl groups excluding tert-OH is 1. The minimum Gasteiger partial charge on any atom is -0.368 e. The summed E-state index contributed by atoms with van der Waals surface area (Å²) in [6.07, 6.45) is 9.37. The SMILES string of the molecule is C#C.CC1CC(N(C)C)CC(O)O1. The number of aliphatic hydroxyl groups is 1.